The van der Waals surface area contributed by atoms with Crippen LogP contribution in [-0.2, 0) is 6.54 Å². The number of para-hydroxylation sites is 1. The summed E-state index contributed by atoms with van der Waals surface area (Å²) in [4.78, 5) is 13.2. The Morgan fingerprint density at radius 1 is 0.879 bits per heavy atom. The third kappa shape index (κ3) is 4.82. The third-order valence-corrected chi connectivity index (χ3v) is 5.22. The summed E-state index contributed by atoms with van der Waals surface area (Å²) in [5, 5.41) is 7.71. The molecule has 0 aliphatic heterocycles. The number of aromatic nitrogens is 2. The first-order chi connectivity index (χ1) is 16.1. The van der Waals surface area contributed by atoms with Gasteiger partial charge in [0.15, 0.2) is 11.5 Å². The fraction of sp³-hybridized carbons (Fsp3) is 0.154. The Morgan fingerprint density at radius 3 is 2.39 bits per heavy atom. The average molecular weight is 444 g/mol. The van der Waals surface area contributed by atoms with Crippen LogP contribution in [0.5, 0.6) is 17.2 Å². The van der Waals surface area contributed by atoms with Crippen LogP contribution in [0.25, 0.3) is 16.9 Å². The summed E-state index contributed by atoms with van der Waals surface area (Å²) in [5.74, 6) is 1.68. The van der Waals surface area contributed by atoms with Gasteiger partial charge in [0.2, 0.25) is 0 Å². The first-order valence-electron chi connectivity index (χ1n) is 10.4. The van der Waals surface area contributed by atoms with Gasteiger partial charge < -0.3 is 19.5 Å². The molecule has 4 rings (SSSR count). The molecule has 0 aliphatic carbocycles. The van der Waals surface area contributed by atoms with Crippen molar-refractivity contribution < 1.29 is 19.0 Å². The molecule has 1 amide bonds. The molecular formula is C26H25N3O4. The second-order valence-corrected chi connectivity index (χ2v) is 7.28. The van der Waals surface area contributed by atoms with Crippen molar-refractivity contribution in [3.05, 3.63) is 90.1 Å². The van der Waals surface area contributed by atoms with Crippen molar-refractivity contribution in [1.82, 2.24) is 15.1 Å². The molecule has 0 fully saturated rings. The SMILES string of the molecule is COc1cccc(CNC(=O)c2cn(-c3ccccc3)nc2-c2ccc(OC)c(OC)c2)c1. The average Bonchev–Trinajstić information content (AvgIpc) is 3.33. The number of methoxy groups -OCH3 is 3. The first-order valence-corrected chi connectivity index (χ1v) is 10.4. The quantitative estimate of drug-likeness (QED) is 0.434. The highest BCUT2D eigenvalue weighted by atomic mass is 16.5. The van der Waals surface area contributed by atoms with Crippen LogP contribution < -0.4 is 19.5 Å². The molecular weight excluding hydrogens is 418 g/mol. The standard InChI is InChI=1S/C26H25N3O4/c1-31-21-11-7-8-18(14-21)16-27-26(30)22-17-29(20-9-5-4-6-10-20)28-25(22)19-12-13-23(32-2)24(15-19)33-3/h4-15,17H,16H2,1-3H3,(H,27,30). The van der Waals surface area contributed by atoms with E-state index in [0.717, 1.165) is 22.6 Å². The summed E-state index contributed by atoms with van der Waals surface area (Å²) in [6, 6.07) is 22.7. The van der Waals surface area contributed by atoms with Gasteiger partial charge in [0.05, 0.1) is 32.6 Å². The molecule has 1 heterocycles. The van der Waals surface area contributed by atoms with Gasteiger partial charge in [-0.05, 0) is 48.0 Å². The Hall–Kier alpha value is -4.26. The number of rotatable bonds is 8. The lowest BCUT2D eigenvalue weighted by Gasteiger charge is -2.10. The van der Waals surface area contributed by atoms with E-state index in [-0.39, 0.29) is 5.91 Å². The Bertz CT molecular complexity index is 1250. The van der Waals surface area contributed by atoms with Crippen molar-refractivity contribution in [2.75, 3.05) is 21.3 Å². The van der Waals surface area contributed by atoms with Crippen molar-refractivity contribution in [2.45, 2.75) is 6.54 Å². The molecule has 0 unspecified atom stereocenters. The number of nitrogens with zero attached hydrogens (tertiary/aromatic N) is 2. The predicted octanol–water partition coefficient (Wildman–Crippen LogP) is 4.50. The molecule has 0 atom stereocenters. The zero-order valence-corrected chi connectivity index (χ0v) is 18.7. The highest BCUT2D eigenvalue weighted by Gasteiger charge is 2.20. The lowest BCUT2D eigenvalue weighted by atomic mass is 10.1. The number of nitrogens with one attached hydrogen (secondary N) is 1. The Balaban J connectivity index is 1.69. The smallest absolute Gasteiger partial charge is 0.255 e. The Labute approximate surface area is 192 Å². The monoisotopic (exact) mass is 443 g/mol. The van der Waals surface area contributed by atoms with E-state index in [9.17, 15) is 4.79 Å². The number of benzene rings is 3. The summed E-state index contributed by atoms with van der Waals surface area (Å²) >= 11 is 0. The van der Waals surface area contributed by atoms with Crippen LogP contribution in [-0.4, -0.2) is 37.0 Å². The fourth-order valence-corrected chi connectivity index (χ4v) is 3.51. The maximum Gasteiger partial charge on any atom is 0.255 e. The molecule has 7 nitrogen and oxygen atoms in total. The number of carbonyl (C=O) groups is 1. The van der Waals surface area contributed by atoms with E-state index in [1.54, 1.807) is 38.3 Å². The molecule has 1 aromatic heterocycles. The van der Waals surface area contributed by atoms with E-state index in [1.807, 2.05) is 66.7 Å². The maximum absolute atomic E-state index is 13.2. The molecule has 0 saturated heterocycles. The van der Waals surface area contributed by atoms with Gasteiger partial charge in [0.1, 0.15) is 11.4 Å². The molecule has 0 spiro atoms. The zero-order valence-electron chi connectivity index (χ0n) is 18.7. The second-order valence-electron chi connectivity index (χ2n) is 7.28. The van der Waals surface area contributed by atoms with Crippen molar-refractivity contribution in [3.8, 4) is 34.2 Å². The molecule has 168 valence electrons. The van der Waals surface area contributed by atoms with E-state index >= 15 is 0 Å². The Kier molecular flexibility index (Phi) is 6.59. The number of carbonyl (C=O) groups excluding carboxylic acids is 1. The van der Waals surface area contributed by atoms with Gasteiger partial charge in [-0.1, -0.05) is 30.3 Å². The van der Waals surface area contributed by atoms with E-state index < -0.39 is 0 Å². The molecule has 0 bridgehead atoms. The molecule has 0 saturated carbocycles. The summed E-state index contributed by atoms with van der Waals surface area (Å²) in [7, 11) is 4.77. The van der Waals surface area contributed by atoms with Crippen LogP contribution in [0.1, 0.15) is 15.9 Å². The predicted molar refractivity (Wildman–Crippen MR) is 126 cm³/mol. The number of ether oxygens (including phenoxy) is 3. The van der Waals surface area contributed by atoms with Crippen molar-refractivity contribution in [1.29, 1.82) is 0 Å². The first kappa shape index (κ1) is 22.0. The van der Waals surface area contributed by atoms with Crippen LogP contribution in [0.3, 0.4) is 0 Å². The van der Waals surface area contributed by atoms with Crippen molar-refractivity contribution in [3.63, 3.8) is 0 Å². The summed E-state index contributed by atoms with van der Waals surface area (Å²) in [6.45, 7) is 0.359. The minimum atomic E-state index is -0.232. The molecule has 7 heteroatoms. The number of hydrogen-bond acceptors (Lipinski definition) is 5. The van der Waals surface area contributed by atoms with Gasteiger partial charge in [-0.15, -0.1) is 0 Å². The van der Waals surface area contributed by atoms with Gasteiger partial charge in [0, 0.05) is 18.3 Å². The van der Waals surface area contributed by atoms with Gasteiger partial charge >= 0.3 is 0 Å². The van der Waals surface area contributed by atoms with Crippen LogP contribution in [0.4, 0.5) is 0 Å². The molecule has 0 aliphatic rings. The van der Waals surface area contributed by atoms with Crippen molar-refractivity contribution in [2.24, 2.45) is 0 Å². The van der Waals surface area contributed by atoms with E-state index in [4.69, 9.17) is 19.3 Å². The van der Waals surface area contributed by atoms with Crippen molar-refractivity contribution >= 4 is 5.91 Å². The fourth-order valence-electron chi connectivity index (χ4n) is 3.51. The lowest BCUT2D eigenvalue weighted by Crippen LogP contribution is -2.23. The van der Waals surface area contributed by atoms with Crippen LogP contribution in [0.2, 0.25) is 0 Å². The topological polar surface area (TPSA) is 74.6 Å². The lowest BCUT2D eigenvalue weighted by molar-refractivity contribution is 0.0951. The summed E-state index contributed by atoms with van der Waals surface area (Å²) < 4.78 is 17.8. The van der Waals surface area contributed by atoms with Gasteiger partial charge in [-0.2, -0.15) is 5.10 Å². The molecule has 0 radical (unpaired) electrons. The third-order valence-electron chi connectivity index (χ3n) is 5.22. The second kappa shape index (κ2) is 9.91. The number of amides is 1. The largest absolute Gasteiger partial charge is 0.497 e. The van der Waals surface area contributed by atoms with Crippen LogP contribution in [0.15, 0.2) is 79.0 Å². The molecule has 1 N–H and O–H groups in total. The Morgan fingerprint density at radius 2 is 1.67 bits per heavy atom. The van der Waals surface area contributed by atoms with Gasteiger partial charge in [-0.3, -0.25) is 4.79 Å². The maximum atomic E-state index is 13.2. The minimum Gasteiger partial charge on any atom is -0.497 e. The van der Waals surface area contributed by atoms with Gasteiger partial charge in [-0.25, -0.2) is 4.68 Å². The van der Waals surface area contributed by atoms with E-state index in [1.165, 1.54) is 0 Å². The highest BCUT2D eigenvalue weighted by Crippen LogP contribution is 2.33. The minimum absolute atomic E-state index is 0.232. The normalized spacial score (nSPS) is 10.5. The summed E-state index contributed by atoms with van der Waals surface area (Å²) in [5.41, 5.74) is 3.53. The van der Waals surface area contributed by atoms with E-state index in [0.29, 0.717) is 29.3 Å². The number of hydrogen-bond donors (Lipinski definition) is 1. The molecule has 4 aromatic rings. The van der Waals surface area contributed by atoms with Gasteiger partial charge in [0.25, 0.3) is 5.91 Å². The van der Waals surface area contributed by atoms with Crippen LogP contribution >= 0.6 is 0 Å². The van der Waals surface area contributed by atoms with Crippen LogP contribution in [0, 0.1) is 0 Å². The summed E-state index contributed by atoms with van der Waals surface area (Å²) in [6.07, 6.45) is 1.74. The molecule has 33 heavy (non-hydrogen) atoms. The van der Waals surface area contributed by atoms with E-state index in [2.05, 4.69) is 5.32 Å². The molecule has 3 aromatic carbocycles. The zero-order chi connectivity index (χ0) is 23.2. The highest BCUT2D eigenvalue weighted by molar-refractivity contribution is 6.00.